The van der Waals surface area contributed by atoms with Gasteiger partial charge in [-0.1, -0.05) is 24.6 Å². The Kier molecular flexibility index (Phi) is 10.9. The smallest absolute Gasteiger partial charge is 0.219 e. The topological polar surface area (TPSA) is 99.3 Å². The number of hydrogen-bond acceptors (Lipinski definition) is 7. The van der Waals surface area contributed by atoms with Gasteiger partial charge in [0.1, 0.15) is 29.7 Å². The zero-order valence-corrected chi connectivity index (χ0v) is 29.5. The van der Waals surface area contributed by atoms with Crippen LogP contribution in [0.2, 0.25) is 5.02 Å². The molecule has 0 saturated carbocycles. The number of carbonyl (C=O) groups is 1. The van der Waals surface area contributed by atoms with Crippen LogP contribution in [0.5, 0.6) is 11.5 Å². The molecule has 1 spiro atoms. The minimum absolute atomic E-state index is 0.0104. The normalized spacial score (nSPS) is 18.2. The van der Waals surface area contributed by atoms with E-state index in [9.17, 15) is 14.4 Å². The zero-order chi connectivity index (χ0) is 35.3. The van der Waals surface area contributed by atoms with Gasteiger partial charge < -0.3 is 19.5 Å². The largest absolute Gasteiger partial charge is 0.450 e. The van der Waals surface area contributed by atoms with E-state index in [4.69, 9.17) is 22.8 Å². The molecule has 4 heterocycles. The summed E-state index contributed by atoms with van der Waals surface area (Å²) in [6, 6.07) is 12.8. The molecule has 1 amide bonds. The summed E-state index contributed by atoms with van der Waals surface area (Å²) >= 11 is 6.25. The first-order chi connectivity index (χ1) is 24.2. The molecule has 0 aliphatic carbocycles. The number of piperidine rings is 1. The van der Waals surface area contributed by atoms with Crippen molar-refractivity contribution in [3.8, 4) is 29.9 Å². The van der Waals surface area contributed by atoms with Gasteiger partial charge >= 0.3 is 0 Å². The monoisotopic (exact) mass is 695 g/mol. The van der Waals surface area contributed by atoms with Crippen LogP contribution < -0.4 is 15.0 Å². The number of carbonyl (C=O) groups excluding carboxylic acids is 1. The third-order valence-corrected chi connectivity index (χ3v) is 10.6. The van der Waals surface area contributed by atoms with Gasteiger partial charge in [0.2, 0.25) is 5.91 Å². The average Bonchev–Trinajstić information content (AvgIpc) is 3.70. The van der Waals surface area contributed by atoms with Crippen molar-refractivity contribution in [1.29, 1.82) is 5.26 Å². The van der Waals surface area contributed by atoms with Crippen LogP contribution in [0.25, 0.3) is 10.9 Å². The molecule has 2 atom stereocenters. The summed E-state index contributed by atoms with van der Waals surface area (Å²) in [6.07, 6.45) is 14.2. The maximum absolute atomic E-state index is 13.6. The standard InChI is InChI=1S/C39H43ClFN7O2/c1-4-28(11-15-44-37(49)5-2)12-17-48-31(21-42)20-32-27(3)29(7-9-34(32)48)23-46-16-6-13-39(24-46)14-18-47(25-39)38-36(22-43-26-45-38)50-35-10-8-30(41)19-33(35)40/h1,7-10,19-20,22,26,28H,5-6,11-18,23-25H2,2-3H3,(H,44,49). The Morgan fingerprint density at radius 1 is 1.18 bits per heavy atom. The van der Waals surface area contributed by atoms with E-state index in [0.717, 1.165) is 69.3 Å². The molecule has 6 rings (SSSR count). The lowest BCUT2D eigenvalue weighted by atomic mass is 9.79. The van der Waals surface area contributed by atoms with Gasteiger partial charge in [0.05, 0.1) is 11.2 Å². The van der Waals surface area contributed by atoms with Crippen LogP contribution in [-0.4, -0.2) is 58.1 Å². The van der Waals surface area contributed by atoms with Crippen LogP contribution in [0, 0.1) is 47.7 Å². The fourth-order valence-corrected chi connectivity index (χ4v) is 7.77. The maximum Gasteiger partial charge on any atom is 0.219 e. The first-order valence-corrected chi connectivity index (χ1v) is 17.7. The summed E-state index contributed by atoms with van der Waals surface area (Å²) in [5.74, 6) is 4.05. The predicted molar refractivity (Wildman–Crippen MR) is 194 cm³/mol. The Labute approximate surface area is 298 Å². The average molecular weight is 696 g/mol. The number of halogens is 2. The lowest BCUT2D eigenvalue weighted by Gasteiger charge is -2.40. The van der Waals surface area contributed by atoms with Crippen molar-refractivity contribution >= 4 is 34.2 Å². The number of amides is 1. The first-order valence-electron chi connectivity index (χ1n) is 17.4. The molecule has 2 aliphatic heterocycles. The van der Waals surface area contributed by atoms with E-state index in [2.05, 4.69) is 60.7 Å². The molecule has 11 heteroatoms. The molecule has 0 radical (unpaired) electrons. The second-order valence-corrected chi connectivity index (χ2v) is 14.0. The molecule has 2 unspecified atom stereocenters. The second kappa shape index (κ2) is 15.5. The number of ether oxygens (including phenoxy) is 1. The van der Waals surface area contributed by atoms with Crippen molar-refractivity contribution in [1.82, 2.24) is 24.8 Å². The predicted octanol–water partition coefficient (Wildman–Crippen LogP) is 7.24. The summed E-state index contributed by atoms with van der Waals surface area (Å²) in [7, 11) is 0. The van der Waals surface area contributed by atoms with Gasteiger partial charge in [-0.3, -0.25) is 9.69 Å². The molecule has 9 nitrogen and oxygen atoms in total. The van der Waals surface area contributed by atoms with E-state index in [1.54, 1.807) is 6.20 Å². The van der Waals surface area contributed by atoms with E-state index in [1.807, 2.05) is 13.0 Å². The number of nitriles is 1. The number of aryl methyl sites for hydroxylation is 2. The molecular weight excluding hydrogens is 653 g/mol. The van der Waals surface area contributed by atoms with Crippen LogP contribution in [-0.2, 0) is 17.9 Å². The van der Waals surface area contributed by atoms with Crippen molar-refractivity contribution in [2.75, 3.05) is 37.6 Å². The number of nitrogens with one attached hydrogen (secondary N) is 1. The molecule has 1 N–H and O–H groups in total. The number of likely N-dealkylation sites (tertiary alicyclic amines) is 1. The molecule has 2 saturated heterocycles. The molecule has 260 valence electrons. The van der Waals surface area contributed by atoms with E-state index < -0.39 is 5.82 Å². The number of hydrogen-bond donors (Lipinski definition) is 1. The summed E-state index contributed by atoms with van der Waals surface area (Å²) in [4.78, 5) is 25.2. The number of aromatic nitrogens is 3. The number of terminal acetylenes is 1. The Hall–Kier alpha value is -4.64. The number of benzene rings is 2. The minimum Gasteiger partial charge on any atom is -0.450 e. The summed E-state index contributed by atoms with van der Waals surface area (Å²) in [6.45, 7) is 9.73. The summed E-state index contributed by atoms with van der Waals surface area (Å²) in [5.41, 5.74) is 4.26. The highest BCUT2D eigenvalue weighted by atomic mass is 35.5. The van der Waals surface area contributed by atoms with Crippen molar-refractivity contribution < 1.29 is 13.9 Å². The highest BCUT2D eigenvalue weighted by molar-refractivity contribution is 6.32. The number of rotatable bonds is 12. The fraction of sp³-hybridized carbons (Fsp3) is 0.436. The second-order valence-electron chi connectivity index (χ2n) is 13.6. The molecule has 2 aromatic carbocycles. The molecule has 0 bridgehead atoms. The number of anilines is 1. The third-order valence-electron chi connectivity index (χ3n) is 10.3. The van der Waals surface area contributed by atoms with E-state index in [-0.39, 0.29) is 22.3 Å². The van der Waals surface area contributed by atoms with Crippen molar-refractivity contribution in [2.45, 2.75) is 65.5 Å². The van der Waals surface area contributed by atoms with Crippen LogP contribution in [0.15, 0.2) is 48.9 Å². The summed E-state index contributed by atoms with van der Waals surface area (Å²) < 4.78 is 21.8. The van der Waals surface area contributed by atoms with E-state index >= 15 is 0 Å². The van der Waals surface area contributed by atoms with Crippen molar-refractivity contribution in [3.63, 3.8) is 0 Å². The Bertz CT molecular complexity index is 1950. The fourth-order valence-electron chi connectivity index (χ4n) is 7.56. The molecule has 2 aromatic heterocycles. The van der Waals surface area contributed by atoms with Gasteiger partial charge in [-0.15, -0.1) is 12.3 Å². The molecular formula is C39H43ClFN7O2. The molecule has 50 heavy (non-hydrogen) atoms. The van der Waals surface area contributed by atoms with Gasteiger partial charge in [-0.25, -0.2) is 14.4 Å². The van der Waals surface area contributed by atoms with Crippen LogP contribution >= 0.6 is 11.6 Å². The number of nitrogens with zero attached hydrogens (tertiary/aromatic N) is 6. The lowest BCUT2D eigenvalue weighted by Crippen LogP contribution is -2.44. The van der Waals surface area contributed by atoms with Gasteiger partial charge in [0.15, 0.2) is 11.6 Å². The van der Waals surface area contributed by atoms with Gasteiger partial charge in [-0.2, -0.15) is 5.26 Å². The quantitative estimate of drug-likeness (QED) is 0.156. The summed E-state index contributed by atoms with van der Waals surface area (Å²) in [5, 5.41) is 14.2. The Morgan fingerprint density at radius 3 is 2.82 bits per heavy atom. The van der Waals surface area contributed by atoms with Crippen LogP contribution in [0.1, 0.15) is 62.3 Å². The highest BCUT2D eigenvalue weighted by Gasteiger charge is 2.42. The maximum atomic E-state index is 13.6. The molecule has 2 fully saturated rings. The minimum atomic E-state index is -0.424. The van der Waals surface area contributed by atoms with Crippen molar-refractivity contribution in [3.05, 3.63) is 76.6 Å². The van der Waals surface area contributed by atoms with Gasteiger partial charge in [0, 0.05) is 67.9 Å². The lowest BCUT2D eigenvalue weighted by molar-refractivity contribution is -0.120. The van der Waals surface area contributed by atoms with Gasteiger partial charge in [0.25, 0.3) is 0 Å². The zero-order valence-electron chi connectivity index (χ0n) is 28.7. The van der Waals surface area contributed by atoms with E-state index in [1.165, 1.54) is 35.7 Å². The highest BCUT2D eigenvalue weighted by Crippen LogP contribution is 2.43. The molecule has 4 aromatic rings. The van der Waals surface area contributed by atoms with E-state index in [0.29, 0.717) is 48.9 Å². The van der Waals surface area contributed by atoms with Gasteiger partial charge in [-0.05, 0) is 87.0 Å². The Morgan fingerprint density at radius 2 is 2.04 bits per heavy atom. The Balaban J connectivity index is 1.12. The number of fused-ring (bicyclic) bond motifs is 1. The third kappa shape index (κ3) is 7.72. The van der Waals surface area contributed by atoms with Crippen LogP contribution in [0.3, 0.4) is 0 Å². The first kappa shape index (κ1) is 35.2. The van der Waals surface area contributed by atoms with Crippen LogP contribution in [0.4, 0.5) is 10.2 Å². The van der Waals surface area contributed by atoms with Crippen molar-refractivity contribution in [2.24, 2.45) is 11.3 Å². The molecule has 2 aliphatic rings. The SMILES string of the molecule is C#CC(CCNC(=O)CC)CCn1c(C#N)cc2c(C)c(CN3CCCC4(CCN(c5ncncc5Oc5ccc(F)cc5Cl)C4)C3)ccc21.